The summed E-state index contributed by atoms with van der Waals surface area (Å²) in [5.41, 5.74) is 2.71. The number of nitrogens with zero attached hydrogens (tertiary/aromatic N) is 2. The summed E-state index contributed by atoms with van der Waals surface area (Å²) < 4.78 is 0. The van der Waals surface area contributed by atoms with Gasteiger partial charge in [0.2, 0.25) is 0 Å². The van der Waals surface area contributed by atoms with Gasteiger partial charge < -0.3 is 5.43 Å². The molecule has 4 nitrogen and oxygen atoms in total. The molecule has 0 saturated heterocycles. The zero-order valence-corrected chi connectivity index (χ0v) is 11.5. The molecule has 0 aliphatic heterocycles. The quantitative estimate of drug-likeness (QED) is 0.644. The molecule has 2 atom stereocenters. The van der Waals surface area contributed by atoms with E-state index in [-0.39, 0.29) is 0 Å². The van der Waals surface area contributed by atoms with Gasteiger partial charge in [-0.2, -0.15) is 0 Å². The van der Waals surface area contributed by atoms with Crippen LogP contribution in [-0.2, 0) is 0 Å². The largest absolute Gasteiger partial charge is 0.308 e. The highest BCUT2D eigenvalue weighted by molar-refractivity contribution is 7.18. The first-order chi connectivity index (χ1) is 8.67. The van der Waals surface area contributed by atoms with E-state index in [4.69, 9.17) is 10.8 Å². The Bertz CT molecular complexity index is 578. The number of nitrogens with one attached hydrogen (secondary N) is 1. The van der Waals surface area contributed by atoms with Crippen LogP contribution in [-0.4, -0.2) is 9.97 Å². The van der Waals surface area contributed by atoms with Gasteiger partial charge in [0, 0.05) is 10.8 Å². The van der Waals surface area contributed by atoms with E-state index >= 15 is 0 Å². The van der Waals surface area contributed by atoms with Crippen molar-refractivity contribution in [3.63, 3.8) is 0 Å². The maximum absolute atomic E-state index is 5.58. The third-order valence-electron chi connectivity index (χ3n) is 3.73. The van der Waals surface area contributed by atoms with E-state index in [9.17, 15) is 0 Å². The van der Waals surface area contributed by atoms with E-state index in [0.29, 0.717) is 5.92 Å². The number of hydrazine groups is 1. The van der Waals surface area contributed by atoms with E-state index in [1.165, 1.54) is 24.1 Å². The Hall–Kier alpha value is -1.20. The number of nitrogen functional groups attached to an aromatic ring is 1. The summed E-state index contributed by atoms with van der Waals surface area (Å²) in [4.78, 5) is 11.6. The van der Waals surface area contributed by atoms with Gasteiger partial charge >= 0.3 is 0 Å². The first-order valence-corrected chi connectivity index (χ1v) is 7.23. The molecule has 96 valence electrons. The van der Waals surface area contributed by atoms with Crippen LogP contribution >= 0.6 is 11.3 Å². The van der Waals surface area contributed by atoms with Gasteiger partial charge in [0.05, 0.1) is 5.39 Å². The van der Waals surface area contributed by atoms with E-state index < -0.39 is 0 Å². The lowest BCUT2D eigenvalue weighted by atomic mass is 10.1. The molecule has 1 aliphatic carbocycles. The molecule has 0 spiro atoms. The van der Waals surface area contributed by atoms with Crippen molar-refractivity contribution in [3.05, 3.63) is 16.8 Å². The van der Waals surface area contributed by atoms with Crippen molar-refractivity contribution in [2.45, 2.75) is 39.0 Å². The molecule has 3 rings (SSSR count). The van der Waals surface area contributed by atoms with Crippen molar-refractivity contribution in [1.29, 1.82) is 0 Å². The maximum Gasteiger partial charge on any atom is 0.152 e. The SMILES string of the molecule is Cc1cc2c(NN)nc(C3CCC(C)C3)nc2s1. The van der Waals surface area contributed by atoms with Crippen molar-refractivity contribution in [1.82, 2.24) is 9.97 Å². The minimum absolute atomic E-state index is 0.499. The lowest BCUT2D eigenvalue weighted by Crippen LogP contribution is -2.11. The number of rotatable bonds is 2. The third-order valence-corrected chi connectivity index (χ3v) is 4.67. The maximum atomic E-state index is 5.58. The smallest absolute Gasteiger partial charge is 0.152 e. The number of hydrogen-bond donors (Lipinski definition) is 2. The molecule has 1 aliphatic rings. The summed E-state index contributed by atoms with van der Waals surface area (Å²) in [6, 6.07) is 2.09. The first-order valence-electron chi connectivity index (χ1n) is 6.42. The lowest BCUT2D eigenvalue weighted by molar-refractivity contribution is 0.587. The fourth-order valence-corrected chi connectivity index (χ4v) is 3.68. The minimum Gasteiger partial charge on any atom is -0.308 e. The minimum atomic E-state index is 0.499. The number of aryl methyl sites for hydroxylation is 1. The van der Waals surface area contributed by atoms with Crippen LogP contribution in [0.4, 0.5) is 5.82 Å². The topological polar surface area (TPSA) is 63.8 Å². The molecule has 2 unspecified atom stereocenters. The average molecular weight is 262 g/mol. The molecule has 2 aromatic heterocycles. The van der Waals surface area contributed by atoms with Gasteiger partial charge in [-0.25, -0.2) is 15.8 Å². The third kappa shape index (κ3) is 1.97. The van der Waals surface area contributed by atoms with Crippen LogP contribution in [0.1, 0.15) is 42.8 Å². The van der Waals surface area contributed by atoms with Gasteiger partial charge in [-0.1, -0.05) is 6.92 Å². The summed E-state index contributed by atoms with van der Waals surface area (Å²) in [5.74, 6) is 8.59. The van der Waals surface area contributed by atoms with Gasteiger partial charge in [-0.3, -0.25) is 0 Å². The molecule has 0 bridgehead atoms. The zero-order valence-electron chi connectivity index (χ0n) is 10.7. The fourth-order valence-electron chi connectivity index (χ4n) is 2.79. The number of aromatic nitrogens is 2. The molecule has 2 aromatic rings. The molecule has 0 aromatic carbocycles. The summed E-state index contributed by atoms with van der Waals surface area (Å²) in [5, 5.41) is 1.04. The van der Waals surface area contributed by atoms with Crippen molar-refractivity contribution in [2.75, 3.05) is 5.43 Å². The van der Waals surface area contributed by atoms with Crippen molar-refractivity contribution in [3.8, 4) is 0 Å². The van der Waals surface area contributed by atoms with Crippen LogP contribution in [0, 0.1) is 12.8 Å². The number of fused-ring (bicyclic) bond motifs is 1. The number of hydrogen-bond acceptors (Lipinski definition) is 5. The molecular weight excluding hydrogens is 244 g/mol. The normalized spacial score (nSPS) is 23.7. The Morgan fingerprint density at radius 3 is 2.89 bits per heavy atom. The predicted molar refractivity (Wildman–Crippen MR) is 75.7 cm³/mol. The molecular formula is C13H18N4S. The number of nitrogens with two attached hydrogens (primary N) is 1. The predicted octanol–water partition coefficient (Wildman–Crippen LogP) is 3.19. The second-order valence-electron chi connectivity index (χ2n) is 5.27. The highest BCUT2D eigenvalue weighted by atomic mass is 32.1. The van der Waals surface area contributed by atoms with Gasteiger partial charge in [0.25, 0.3) is 0 Å². The summed E-state index contributed by atoms with van der Waals surface area (Å²) in [6.07, 6.45) is 3.67. The Kier molecular flexibility index (Phi) is 2.95. The molecule has 18 heavy (non-hydrogen) atoms. The highest BCUT2D eigenvalue weighted by Crippen LogP contribution is 2.38. The van der Waals surface area contributed by atoms with Crippen molar-refractivity contribution in [2.24, 2.45) is 11.8 Å². The second kappa shape index (κ2) is 4.48. The second-order valence-corrected chi connectivity index (χ2v) is 6.50. The van der Waals surface area contributed by atoms with Crippen molar-refractivity contribution < 1.29 is 0 Å². The van der Waals surface area contributed by atoms with Gasteiger partial charge in [0.15, 0.2) is 5.82 Å². The fraction of sp³-hybridized carbons (Fsp3) is 0.538. The summed E-state index contributed by atoms with van der Waals surface area (Å²) in [6.45, 7) is 4.39. The monoisotopic (exact) mass is 262 g/mol. The number of thiophene rings is 1. The molecule has 0 amide bonds. The Balaban J connectivity index is 2.07. The van der Waals surface area contributed by atoms with Crippen LogP contribution in [0.25, 0.3) is 10.2 Å². The average Bonchev–Trinajstić information content (AvgIpc) is 2.92. The highest BCUT2D eigenvalue weighted by Gasteiger charge is 2.26. The molecule has 2 heterocycles. The molecule has 5 heteroatoms. The van der Waals surface area contributed by atoms with Gasteiger partial charge in [0.1, 0.15) is 10.7 Å². The molecule has 1 fully saturated rings. The Morgan fingerprint density at radius 1 is 1.39 bits per heavy atom. The van der Waals surface area contributed by atoms with Gasteiger partial charge in [-0.15, -0.1) is 11.3 Å². The molecule has 0 radical (unpaired) electrons. The summed E-state index contributed by atoms with van der Waals surface area (Å²) in [7, 11) is 0. The van der Waals surface area contributed by atoms with Crippen LogP contribution in [0.3, 0.4) is 0 Å². The van der Waals surface area contributed by atoms with E-state index in [1.807, 2.05) is 0 Å². The zero-order chi connectivity index (χ0) is 12.7. The molecule has 1 saturated carbocycles. The van der Waals surface area contributed by atoms with Crippen LogP contribution in [0.2, 0.25) is 0 Å². The van der Waals surface area contributed by atoms with E-state index in [2.05, 4.69) is 30.3 Å². The summed E-state index contributed by atoms with van der Waals surface area (Å²) >= 11 is 1.71. The standard InChI is InChI=1S/C13H18N4S/c1-7-3-4-9(5-7)11-15-12(17-14)10-6-8(2)18-13(10)16-11/h6-7,9H,3-5,14H2,1-2H3,(H,15,16,17). The number of anilines is 1. The van der Waals surface area contributed by atoms with Crippen molar-refractivity contribution >= 4 is 27.4 Å². The van der Waals surface area contributed by atoms with Gasteiger partial charge in [-0.05, 0) is 38.2 Å². The van der Waals surface area contributed by atoms with Crippen LogP contribution in [0.5, 0.6) is 0 Å². The first kappa shape index (κ1) is 11.9. The lowest BCUT2D eigenvalue weighted by Gasteiger charge is -2.10. The van der Waals surface area contributed by atoms with Crippen LogP contribution < -0.4 is 11.3 Å². The van der Waals surface area contributed by atoms with E-state index in [0.717, 1.165) is 27.8 Å². The van der Waals surface area contributed by atoms with Crippen LogP contribution in [0.15, 0.2) is 6.07 Å². The molecule has 3 N–H and O–H groups in total. The van der Waals surface area contributed by atoms with E-state index in [1.54, 1.807) is 11.3 Å². The Labute approximate surface area is 111 Å². The Morgan fingerprint density at radius 2 is 2.22 bits per heavy atom.